The molecule has 1 aromatic rings. The molecule has 1 unspecified atom stereocenters. The molecule has 76 valence electrons. The third-order valence-electron chi connectivity index (χ3n) is 2.55. The van der Waals surface area contributed by atoms with Crippen molar-refractivity contribution >= 4 is 11.6 Å². The van der Waals surface area contributed by atoms with Gasteiger partial charge in [-0.1, -0.05) is 11.6 Å². The van der Waals surface area contributed by atoms with Gasteiger partial charge in [0.05, 0.1) is 5.02 Å². The Kier molecular flexibility index (Phi) is 2.70. The Balaban J connectivity index is 2.44. The Morgan fingerprint density at radius 2 is 2.14 bits per heavy atom. The molecule has 4 heteroatoms. The average Bonchev–Trinajstić information content (AvgIpc) is 2.65. The summed E-state index contributed by atoms with van der Waals surface area (Å²) in [5, 5.41) is 3.06. The van der Waals surface area contributed by atoms with Gasteiger partial charge in [0.1, 0.15) is 11.6 Å². The molecule has 14 heavy (non-hydrogen) atoms. The molecule has 0 bridgehead atoms. The first-order chi connectivity index (χ1) is 6.70. The molecular weight excluding hydrogens is 208 g/mol. The first-order valence-corrected chi connectivity index (χ1v) is 4.92. The summed E-state index contributed by atoms with van der Waals surface area (Å²) in [7, 11) is 0. The molecule has 0 aliphatic carbocycles. The van der Waals surface area contributed by atoms with Crippen molar-refractivity contribution in [1.82, 2.24) is 5.32 Å². The quantitative estimate of drug-likeness (QED) is 0.714. The molecule has 1 fully saturated rings. The summed E-state index contributed by atoms with van der Waals surface area (Å²) in [5.74, 6) is -1.20. The monoisotopic (exact) mass is 217 g/mol. The standard InChI is InChI=1S/C10H10ClF2N/c11-7-1-2-8(12)9(10(7)13)6-3-4-14-5-6/h1-2,6,14H,3-5H2. The van der Waals surface area contributed by atoms with Gasteiger partial charge < -0.3 is 5.32 Å². The van der Waals surface area contributed by atoms with Crippen LogP contribution in [0.2, 0.25) is 5.02 Å². The largest absolute Gasteiger partial charge is 0.316 e. The van der Waals surface area contributed by atoms with Gasteiger partial charge in [-0.2, -0.15) is 0 Å². The van der Waals surface area contributed by atoms with Crippen LogP contribution in [-0.2, 0) is 0 Å². The van der Waals surface area contributed by atoms with Crippen LogP contribution in [0.4, 0.5) is 8.78 Å². The van der Waals surface area contributed by atoms with Crippen LogP contribution in [0.15, 0.2) is 12.1 Å². The van der Waals surface area contributed by atoms with Crippen LogP contribution in [0.5, 0.6) is 0 Å². The van der Waals surface area contributed by atoms with E-state index in [0.717, 1.165) is 13.0 Å². The van der Waals surface area contributed by atoms with E-state index in [9.17, 15) is 8.78 Å². The second kappa shape index (κ2) is 3.83. The third kappa shape index (κ3) is 1.62. The summed E-state index contributed by atoms with van der Waals surface area (Å²) in [6.07, 6.45) is 0.758. The zero-order chi connectivity index (χ0) is 10.1. The summed E-state index contributed by atoms with van der Waals surface area (Å²) in [5.41, 5.74) is 0.127. The first-order valence-electron chi connectivity index (χ1n) is 4.54. The Morgan fingerprint density at radius 3 is 2.79 bits per heavy atom. The summed E-state index contributed by atoms with van der Waals surface area (Å²) in [6.45, 7) is 1.42. The van der Waals surface area contributed by atoms with E-state index >= 15 is 0 Å². The molecule has 1 aliphatic rings. The molecule has 1 heterocycles. The zero-order valence-corrected chi connectivity index (χ0v) is 8.24. The fourth-order valence-corrected chi connectivity index (χ4v) is 1.98. The van der Waals surface area contributed by atoms with E-state index in [1.54, 1.807) is 0 Å². The first kappa shape index (κ1) is 9.87. The Bertz CT molecular complexity index is 348. The number of rotatable bonds is 1. The van der Waals surface area contributed by atoms with Crippen LogP contribution < -0.4 is 5.32 Å². The molecule has 0 spiro atoms. The molecule has 1 atom stereocenters. The Labute approximate surface area is 86.1 Å². The van der Waals surface area contributed by atoms with Crippen molar-refractivity contribution in [1.29, 1.82) is 0 Å². The highest BCUT2D eigenvalue weighted by atomic mass is 35.5. The smallest absolute Gasteiger partial charge is 0.148 e. The van der Waals surface area contributed by atoms with Gasteiger partial charge in [0, 0.05) is 18.0 Å². The van der Waals surface area contributed by atoms with Gasteiger partial charge in [-0.15, -0.1) is 0 Å². The molecule has 1 aliphatic heterocycles. The lowest BCUT2D eigenvalue weighted by molar-refractivity contribution is 0.532. The fourth-order valence-electron chi connectivity index (χ4n) is 1.82. The molecule has 0 saturated carbocycles. The lowest BCUT2D eigenvalue weighted by atomic mass is 9.97. The maximum absolute atomic E-state index is 13.5. The minimum atomic E-state index is -0.611. The van der Waals surface area contributed by atoms with Gasteiger partial charge >= 0.3 is 0 Å². The van der Waals surface area contributed by atoms with Crippen LogP contribution >= 0.6 is 11.6 Å². The maximum atomic E-state index is 13.5. The molecule has 1 nitrogen and oxygen atoms in total. The minimum Gasteiger partial charge on any atom is -0.316 e. The van der Waals surface area contributed by atoms with Crippen molar-refractivity contribution in [2.24, 2.45) is 0 Å². The number of halogens is 3. The van der Waals surface area contributed by atoms with Gasteiger partial charge in [0.25, 0.3) is 0 Å². The van der Waals surface area contributed by atoms with E-state index in [4.69, 9.17) is 11.6 Å². The lowest BCUT2D eigenvalue weighted by Crippen LogP contribution is -2.10. The van der Waals surface area contributed by atoms with Gasteiger partial charge in [-0.3, -0.25) is 0 Å². The molecule has 0 radical (unpaired) electrons. The zero-order valence-electron chi connectivity index (χ0n) is 7.49. The van der Waals surface area contributed by atoms with Gasteiger partial charge in [-0.05, 0) is 25.1 Å². The number of hydrogen-bond acceptors (Lipinski definition) is 1. The van der Waals surface area contributed by atoms with E-state index in [2.05, 4.69) is 5.32 Å². The van der Waals surface area contributed by atoms with E-state index in [0.29, 0.717) is 6.54 Å². The van der Waals surface area contributed by atoms with Crippen molar-refractivity contribution in [2.75, 3.05) is 13.1 Å². The molecule has 2 rings (SSSR count). The third-order valence-corrected chi connectivity index (χ3v) is 2.84. The van der Waals surface area contributed by atoms with Crippen LogP contribution in [0.25, 0.3) is 0 Å². The van der Waals surface area contributed by atoms with E-state index in [1.165, 1.54) is 12.1 Å². The minimum absolute atomic E-state index is 0.00620. The Morgan fingerprint density at radius 1 is 1.36 bits per heavy atom. The fraction of sp³-hybridized carbons (Fsp3) is 0.400. The highest BCUT2D eigenvalue weighted by molar-refractivity contribution is 6.30. The predicted molar refractivity (Wildman–Crippen MR) is 51.6 cm³/mol. The van der Waals surface area contributed by atoms with Gasteiger partial charge in [-0.25, -0.2) is 8.78 Å². The number of nitrogens with one attached hydrogen (secondary N) is 1. The maximum Gasteiger partial charge on any atom is 0.148 e. The predicted octanol–water partition coefficient (Wildman–Crippen LogP) is 2.70. The SMILES string of the molecule is Fc1ccc(Cl)c(F)c1C1CCNC1. The second-order valence-corrected chi connectivity index (χ2v) is 3.85. The topological polar surface area (TPSA) is 12.0 Å². The second-order valence-electron chi connectivity index (χ2n) is 3.45. The average molecular weight is 218 g/mol. The molecular formula is C10H10ClF2N. The van der Waals surface area contributed by atoms with Crippen LogP contribution in [0, 0.1) is 11.6 Å². The van der Waals surface area contributed by atoms with Gasteiger partial charge in [0.2, 0.25) is 0 Å². The van der Waals surface area contributed by atoms with Crippen molar-refractivity contribution in [2.45, 2.75) is 12.3 Å². The van der Waals surface area contributed by atoms with E-state index in [1.807, 2.05) is 0 Å². The Hall–Kier alpha value is -0.670. The van der Waals surface area contributed by atoms with Gasteiger partial charge in [0.15, 0.2) is 0 Å². The summed E-state index contributed by atoms with van der Waals surface area (Å²) in [6, 6.07) is 2.47. The number of benzene rings is 1. The molecule has 1 saturated heterocycles. The van der Waals surface area contributed by atoms with Crippen LogP contribution in [-0.4, -0.2) is 13.1 Å². The van der Waals surface area contributed by atoms with Crippen LogP contribution in [0.3, 0.4) is 0 Å². The normalized spacial score (nSPS) is 21.5. The van der Waals surface area contributed by atoms with E-state index < -0.39 is 11.6 Å². The van der Waals surface area contributed by atoms with Crippen molar-refractivity contribution < 1.29 is 8.78 Å². The number of hydrogen-bond donors (Lipinski definition) is 1. The summed E-state index contributed by atoms with van der Waals surface area (Å²) < 4.78 is 26.9. The van der Waals surface area contributed by atoms with Crippen molar-refractivity contribution in [3.05, 3.63) is 34.4 Å². The molecule has 0 amide bonds. The molecule has 0 aromatic heterocycles. The molecule has 1 aromatic carbocycles. The van der Waals surface area contributed by atoms with Crippen LogP contribution in [0.1, 0.15) is 17.9 Å². The van der Waals surface area contributed by atoms with Crippen molar-refractivity contribution in [3.8, 4) is 0 Å². The molecule has 1 N–H and O–H groups in total. The highest BCUT2D eigenvalue weighted by Crippen LogP contribution is 2.30. The summed E-state index contributed by atoms with van der Waals surface area (Å²) in [4.78, 5) is 0. The lowest BCUT2D eigenvalue weighted by Gasteiger charge is -2.11. The van der Waals surface area contributed by atoms with E-state index in [-0.39, 0.29) is 16.5 Å². The summed E-state index contributed by atoms with van der Waals surface area (Å²) >= 11 is 5.60. The highest BCUT2D eigenvalue weighted by Gasteiger charge is 2.24. The van der Waals surface area contributed by atoms with Crippen molar-refractivity contribution in [3.63, 3.8) is 0 Å².